The maximum Gasteiger partial charge on any atom is 0.230 e. The normalized spacial score (nSPS) is 15.7. The Kier molecular flexibility index (Phi) is 8.35. The van der Waals surface area contributed by atoms with Gasteiger partial charge in [0.25, 0.3) is 0 Å². The second-order valence-electron chi connectivity index (χ2n) is 6.51. The van der Waals surface area contributed by atoms with E-state index in [1.807, 2.05) is 26.0 Å². The van der Waals surface area contributed by atoms with Crippen LogP contribution in [0.2, 0.25) is 0 Å². The van der Waals surface area contributed by atoms with Crippen LogP contribution in [0.5, 0.6) is 0 Å². The lowest BCUT2D eigenvalue weighted by atomic mass is 10.0. The van der Waals surface area contributed by atoms with Crippen molar-refractivity contribution in [3.05, 3.63) is 35.4 Å². The van der Waals surface area contributed by atoms with Crippen LogP contribution in [0.25, 0.3) is 5.57 Å². The average molecular weight is 377 g/mol. The molecule has 5 nitrogen and oxygen atoms in total. The molecule has 0 aliphatic carbocycles. The van der Waals surface area contributed by atoms with Crippen molar-refractivity contribution in [3.8, 4) is 0 Å². The summed E-state index contributed by atoms with van der Waals surface area (Å²) in [5.41, 5.74) is 3.14. The van der Waals surface area contributed by atoms with E-state index in [0.29, 0.717) is 12.3 Å². The van der Waals surface area contributed by atoms with E-state index in [1.54, 1.807) is 13.0 Å². The summed E-state index contributed by atoms with van der Waals surface area (Å²) in [7, 11) is 0. The number of nitrogens with one attached hydrogen (secondary N) is 1. The zero-order chi connectivity index (χ0) is 18.9. The van der Waals surface area contributed by atoms with Gasteiger partial charge in [-0.15, -0.1) is 11.8 Å². The molecule has 1 N–H and O–H groups in total. The van der Waals surface area contributed by atoms with Crippen LogP contribution in [0.15, 0.2) is 29.2 Å². The molecule has 2 rings (SSSR count). The number of nitrogens with zero attached hydrogens (tertiary/aromatic N) is 1. The van der Waals surface area contributed by atoms with E-state index in [1.165, 1.54) is 11.8 Å². The molecule has 0 saturated carbocycles. The molecule has 0 atom stereocenters. The molecule has 142 valence electrons. The first-order chi connectivity index (χ1) is 12.5. The first-order valence-electron chi connectivity index (χ1n) is 8.95. The number of carbonyl (C=O) groups is 2. The Balaban J connectivity index is 1.77. The Morgan fingerprint density at radius 3 is 2.65 bits per heavy atom. The first-order valence-corrected chi connectivity index (χ1v) is 9.94. The van der Waals surface area contributed by atoms with E-state index in [4.69, 9.17) is 4.74 Å². The maximum absolute atomic E-state index is 12.0. The predicted molar refractivity (Wildman–Crippen MR) is 107 cm³/mol. The summed E-state index contributed by atoms with van der Waals surface area (Å²) in [6, 6.07) is 6.09. The van der Waals surface area contributed by atoms with Gasteiger partial charge in [0.2, 0.25) is 5.91 Å². The number of ketones is 1. The van der Waals surface area contributed by atoms with Gasteiger partial charge in [-0.1, -0.05) is 6.07 Å². The van der Waals surface area contributed by atoms with Gasteiger partial charge in [-0.05, 0) is 55.7 Å². The van der Waals surface area contributed by atoms with E-state index < -0.39 is 0 Å². The summed E-state index contributed by atoms with van der Waals surface area (Å²) < 4.78 is 5.31. The van der Waals surface area contributed by atoms with E-state index in [0.717, 1.165) is 54.4 Å². The predicted octanol–water partition coefficient (Wildman–Crippen LogP) is 2.53. The van der Waals surface area contributed by atoms with Crippen molar-refractivity contribution >= 4 is 29.0 Å². The summed E-state index contributed by atoms with van der Waals surface area (Å²) in [5, 5.41) is 2.98. The van der Waals surface area contributed by atoms with E-state index in [-0.39, 0.29) is 11.7 Å². The molecule has 1 saturated heterocycles. The Labute approximate surface area is 160 Å². The molecular weight excluding hydrogens is 348 g/mol. The largest absolute Gasteiger partial charge is 0.379 e. The van der Waals surface area contributed by atoms with Crippen LogP contribution in [0.3, 0.4) is 0 Å². The van der Waals surface area contributed by atoms with Crippen molar-refractivity contribution in [2.45, 2.75) is 25.7 Å². The van der Waals surface area contributed by atoms with Crippen LogP contribution in [0.4, 0.5) is 0 Å². The van der Waals surface area contributed by atoms with Gasteiger partial charge in [0.1, 0.15) is 0 Å². The van der Waals surface area contributed by atoms with Gasteiger partial charge in [0, 0.05) is 31.1 Å². The minimum absolute atomic E-state index is 0.0501. The summed E-state index contributed by atoms with van der Waals surface area (Å²) in [5.74, 6) is 0.510. The van der Waals surface area contributed by atoms with Gasteiger partial charge < -0.3 is 10.1 Å². The van der Waals surface area contributed by atoms with E-state index in [9.17, 15) is 9.59 Å². The number of rotatable bonds is 8. The summed E-state index contributed by atoms with van der Waals surface area (Å²) in [6.45, 7) is 10.5. The smallest absolute Gasteiger partial charge is 0.230 e. The van der Waals surface area contributed by atoms with Gasteiger partial charge in [0.05, 0.1) is 19.0 Å². The first kappa shape index (κ1) is 20.7. The molecule has 1 aliphatic rings. The molecule has 1 fully saturated rings. The molecule has 0 bridgehead atoms. The van der Waals surface area contributed by atoms with Crippen LogP contribution in [-0.2, 0) is 14.3 Å². The number of thioether (sulfide) groups is 1. The van der Waals surface area contributed by atoms with Crippen molar-refractivity contribution in [2.75, 3.05) is 45.1 Å². The van der Waals surface area contributed by atoms with Crippen molar-refractivity contribution < 1.29 is 14.3 Å². The highest BCUT2D eigenvalue weighted by Crippen LogP contribution is 2.25. The Bertz CT molecular complexity index is 667. The lowest BCUT2D eigenvalue weighted by Gasteiger charge is -2.26. The van der Waals surface area contributed by atoms with Gasteiger partial charge >= 0.3 is 0 Å². The van der Waals surface area contributed by atoms with Gasteiger partial charge in [-0.3, -0.25) is 14.5 Å². The number of aryl methyl sites for hydroxylation is 1. The fraction of sp³-hybridized carbons (Fsp3) is 0.500. The Hall–Kier alpha value is -1.63. The van der Waals surface area contributed by atoms with Crippen molar-refractivity contribution in [3.63, 3.8) is 0 Å². The standard InChI is InChI=1S/C20H28N2O3S/c1-15(12-17(3)23)19-5-4-18(13-16(19)2)26-14-20(24)21-6-7-22-8-10-25-11-9-22/h4-5,12-13H,6-11,14H2,1-3H3,(H,21,24)/b15-12-. The molecule has 0 spiro atoms. The van der Waals surface area contributed by atoms with Crippen LogP contribution >= 0.6 is 11.8 Å². The zero-order valence-electron chi connectivity index (χ0n) is 15.8. The number of amides is 1. The van der Waals surface area contributed by atoms with Crippen LogP contribution in [0, 0.1) is 6.92 Å². The molecule has 1 aliphatic heterocycles. The van der Waals surface area contributed by atoms with Gasteiger partial charge in [-0.2, -0.15) is 0 Å². The molecule has 1 amide bonds. The van der Waals surface area contributed by atoms with Gasteiger partial charge in [0.15, 0.2) is 5.78 Å². The summed E-state index contributed by atoms with van der Waals surface area (Å²) in [6.07, 6.45) is 1.65. The second kappa shape index (κ2) is 10.5. The van der Waals surface area contributed by atoms with E-state index >= 15 is 0 Å². The molecule has 26 heavy (non-hydrogen) atoms. The number of carbonyl (C=O) groups excluding carboxylic acids is 2. The highest BCUT2D eigenvalue weighted by molar-refractivity contribution is 8.00. The number of hydrogen-bond donors (Lipinski definition) is 1. The van der Waals surface area contributed by atoms with Crippen molar-refractivity contribution in [1.82, 2.24) is 10.2 Å². The summed E-state index contributed by atoms with van der Waals surface area (Å²) in [4.78, 5) is 26.6. The lowest BCUT2D eigenvalue weighted by molar-refractivity contribution is -0.118. The number of allylic oxidation sites excluding steroid dienone is 2. The molecule has 0 aromatic heterocycles. The van der Waals surface area contributed by atoms with Crippen molar-refractivity contribution in [1.29, 1.82) is 0 Å². The zero-order valence-corrected chi connectivity index (χ0v) is 16.7. The second-order valence-corrected chi connectivity index (χ2v) is 7.56. The Morgan fingerprint density at radius 2 is 2.00 bits per heavy atom. The fourth-order valence-electron chi connectivity index (χ4n) is 2.93. The van der Waals surface area contributed by atoms with Crippen LogP contribution in [0.1, 0.15) is 25.0 Å². The highest BCUT2D eigenvalue weighted by Gasteiger charge is 2.10. The number of benzene rings is 1. The molecule has 1 aromatic rings. The summed E-state index contributed by atoms with van der Waals surface area (Å²) >= 11 is 1.53. The Morgan fingerprint density at radius 1 is 1.27 bits per heavy atom. The number of hydrogen-bond acceptors (Lipinski definition) is 5. The van der Waals surface area contributed by atoms with Crippen LogP contribution in [-0.4, -0.2) is 61.7 Å². The van der Waals surface area contributed by atoms with Crippen LogP contribution < -0.4 is 5.32 Å². The maximum atomic E-state index is 12.0. The van der Waals surface area contributed by atoms with Gasteiger partial charge in [-0.25, -0.2) is 0 Å². The molecule has 1 heterocycles. The molecule has 1 aromatic carbocycles. The molecule has 6 heteroatoms. The van der Waals surface area contributed by atoms with E-state index in [2.05, 4.69) is 16.3 Å². The monoisotopic (exact) mass is 376 g/mol. The third kappa shape index (κ3) is 6.94. The highest BCUT2D eigenvalue weighted by atomic mass is 32.2. The molecule has 0 unspecified atom stereocenters. The fourth-order valence-corrected chi connectivity index (χ4v) is 3.75. The number of ether oxygens (including phenoxy) is 1. The third-order valence-electron chi connectivity index (χ3n) is 4.27. The minimum atomic E-state index is 0.0501. The van der Waals surface area contributed by atoms with Crippen molar-refractivity contribution in [2.24, 2.45) is 0 Å². The molecular formula is C20H28N2O3S. The molecule has 0 radical (unpaired) electrons. The average Bonchev–Trinajstić information content (AvgIpc) is 2.60. The number of morpholine rings is 1. The topological polar surface area (TPSA) is 58.6 Å². The quantitative estimate of drug-likeness (QED) is 0.558. The third-order valence-corrected chi connectivity index (χ3v) is 5.26. The lowest BCUT2D eigenvalue weighted by Crippen LogP contribution is -2.41. The minimum Gasteiger partial charge on any atom is -0.379 e. The SMILES string of the molecule is CC(=O)/C=C(/C)c1ccc(SCC(=O)NCCN2CCOCC2)cc1C.